The number of hydrogen-bond acceptors (Lipinski definition) is 4. The van der Waals surface area contributed by atoms with Crippen LogP contribution in [-0.4, -0.2) is 44.3 Å². The van der Waals surface area contributed by atoms with Gasteiger partial charge in [-0.25, -0.2) is 12.8 Å². The summed E-state index contributed by atoms with van der Waals surface area (Å²) in [6.07, 6.45) is 3.27. The van der Waals surface area contributed by atoms with Gasteiger partial charge in [0.1, 0.15) is 5.82 Å². The Hall–Kier alpha value is -2.94. The summed E-state index contributed by atoms with van der Waals surface area (Å²) in [6, 6.07) is 10.7. The standard InChI is InChI=1S/C22H24FN3O4S/c23-16-7-9-18(10-8-16)31(29,30)25-20-4-2-1-3-19(20)21(27)24-17-11-13-26(14-12-17)22(28)15-5-6-15/h1-4,7-10,15,17,25H,5-6,11-14H2,(H,24,27). The maximum absolute atomic E-state index is 13.1. The van der Waals surface area contributed by atoms with Gasteiger partial charge in [0, 0.05) is 25.0 Å². The number of rotatable bonds is 6. The molecule has 31 heavy (non-hydrogen) atoms. The molecule has 2 aromatic carbocycles. The topological polar surface area (TPSA) is 95.6 Å². The largest absolute Gasteiger partial charge is 0.349 e. The Bertz CT molecular complexity index is 1080. The molecule has 1 aliphatic carbocycles. The second-order valence-corrected chi connectivity index (χ2v) is 9.63. The van der Waals surface area contributed by atoms with E-state index in [1.165, 1.54) is 6.07 Å². The summed E-state index contributed by atoms with van der Waals surface area (Å²) in [6.45, 7) is 1.22. The number of para-hydroxylation sites is 1. The molecular formula is C22H24FN3O4S. The first-order valence-corrected chi connectivity index (χ1v) is 11.8. The molecule has 7 nitrogen and oxygen atoms in total. The van der Waals surface area contributed by atoms with Crippen molar-refractivity contribution in [3.63, 3.8) is 0 Å². The number of carbonyl (C=O) groups is 2. The minimum Gasteiger partial charge on any atom is -0.349 e. The van der Waals surface area contributed by atoms with Gasteiger partial charge < -0.3 is 10.2 Å². The van der Waals surface area contributed by atoms with Crippen LogP contribution in [0.5, 0.6) is 0 Å². The Morgan fingerprint density at radius 3 is 2.23 bits per heavy atom. The number of nitrogens with one attached hydrogen (secondary N) is 2. The van der Waals surface area contributed by atoms with Crippen molar-refractivity contribution in [2.45, 2.75) is 36.6 Å². The molecule has 2 amide bonds. The van der Waals surface area contributed by atoms with Crippen molar-refractivity contribution in [1.82, 2.24) is 10.2 Å². The van der Waals surface area contributed by atoms with Crippen LogP contribution in [0.2, 0.25) is 0 Å². The van der Waals surface area contributed by atoms with Crippen molar-refractivity contribution in [2.75, 3.05) is 17.8 Å². The van der Waals surface area contributed by atoms with Crippen molar-refractivity contribution >= 4 is 27.5 Å². The van der Waals surface area contributed by atoms with Crippen LogP contribution >= 0.6 is 0 Å². The molecule has 4 rings (SSSR count). The Kier molecular flexibility index (Phi) is 5.95. The summed E-state index contributed by atoms with van der Waals surface area (Å²) in [5.74, 6) is -0.523. The minimum atomic E-state index is -3.98. The molecule has 1 saturated carbocycles. The lowest BCUT2D eigenvalue weighted by Crippen LogP contribution is -2.47. The molecule has 1 heterocycles. The Morgan fingerprint density at radius 1 is 0.935 bits per heavy atom. The quantitative estimate of drug-likeness (QED) is 0.715. The monoisotopic (exact) mass is 445 g/mol. The number of sulfonamides is 1. The molecule has 0 radical (unpaired) electrons. The number of anilines is 1. The number of likely N-dealkylation sites (tertiary alicyclic amines) is 1. The third-order valence-electron chi connectivity index (χ3n) is 5.61. The highest BCUT2D eigenvalue weighted by Gasteiger charge is 2.35. The molecule has 2 aliphatic rings. The van der Waals surface area contributed by atoms with E-state index in [4.69, 9.17) is 0 Å². The summed E-state index contributed by atoms with van der Waals surface area (Å²) in [5, 5.41) is 2.95. The highest BCUT2D eigenvalue weighted by Crippen LogP contribution is 2.32. The van der Waals surface area contributed by atoms with Crippen LogP contribution in [0.25, 0.3) is 0 Å². The lowest BCUT2D eigenvalue weighted by atomic mass is 10.0. The van der Waals surface area contributed by atoms with Crippen LogP contribution in [0.4, 0.5) is 10.1 Å². The fourth-order valence-corrected chi connectivity index (χ4v) is 4.76. The molecule has 1 saturated heterocycles. The van der Waals surface area contributed by atoms with Crippen molar-refractivity contribution in [2.24, 2.45) is 5.92 Å². The number of amides is 2. The van der Waals surface area contributed by atoms with E-state index in [2.05, 4.69) is 10.0 Å². The van der Waals surface area contributed by atoms with E-state index in [9.17, 15) is 22.4 Å². The van der Waals surface area contributed by atoms with Gasteiger partial charge in [0.2, 0.25) is 5.91 Å². The van der Waals surface area contributed by atoms with E-state index in [0.29, 0.717) is 25.9 Å². The fraction of sp³-hybridized carbons (Fsp3) is 0.364. The normalized spacial score (nSPS) is 17.3. The van der Waals surface area contributed by atoms with E-state index in [1.807, 2.05) is 4.90 Å². The van der Waals surface area contributed by atoms with Crippen LogP contribution in [0.15, 0.2) is 53.4 Å². The molecule has 1 aliphatic heterocycles. The highest BCUT2D eigenvalue weighted by molar-refractivity contribution is 7.92. The average Bonchev–Trinajstić information content (AvgIpc) is 3.59. The maximum Gasteiger partial charge on any atom is 0.261 e. The number of nitrogens with zero attached hydrogens (tertiary/aromatic N) is 1. The molecule has 0 aromatic heterocycles. The summed E-state index contributed by atoms with van der Waals surface area (Å²) in [5.41, 5.74) is 0.343. The van der Waals surface area contributed by atoms with Crippen molar-refractivity contribution in [1.29, 1.82) is 0 Å². The molecule has 0 atom stereocenters. The first kappa shape index (κ1) is 21.3. The molecule has 2 N–H and O–H groups in total. The van der Waals surface area contributed by atoms with Crippen molar-refractivity contribution in [3.05, 3.63) is 59.9 Å². The third-order valence-corrected chi connectivity index (χ3v) is 6.99. The lowest BCUT2D eigenvalue weighted by Gasteiger charge is -2.32. The SMILES string of the molecule is O=C(NC1CCN(C(=O)C2CC2)CC1)c1ccccc1NS(=O)(=O)c1ccc(F)cc1. The molecule has 2 fully saturated rings. The van der Waals surface area contributed by atoms with Crippen LogP contribution in [0.1, 0.15) is 36.0 Å². The molecule has 2 aromatic rings. The summed E-state index contributed by atoms with van der Waals surface area (Å²) in [4.78, 5) is 26.8. The van der Waals surface area contributed by atoms with Gasteiger partial charge >= 0.3 is 0 Å². The predicted octanol–water partition coefficient (Wildman–Crippen LogP) is 2.76. The van der Waals surface area contributed by atoms with Crippen LogP contribution in [0.3, 0.4) is 0 Å². The van der Waals surface area contributed by atoms with Crippen molar-refractivity contribution < 1.29 is 22.4 Å². The van der Waals surface area contributed by atoms with E-state index < -0.39 is 15.8 Å². The van der Waals surface area contributed by atoms with Gasteiger partial charge in [-0.1, -0.05) is 12.1 Å². The summed E-state index contributed by atoms with van der Waals surface area (Å²) in [7, 11) is -3.98. The van der Waals surface area contributed by atoms with E-state index in [1.54, 1.807) is 18.2 Å². The maximum atomic E-state index is 13.1. The third kappa shape index (κ3) is 5.04. The summed E-state index contributed by atoms with van der Waals surface area (Å²) >= 11 is 0. The summed E-state index contributed by atoms with van der Waals surface area (Å²) < 4.78 is 40.8. The number of carbonyl (C=O) groups excluding carboxylic acids is 2. The van der Waals surface area contributed by atoms with Gasteiger partial charge in [0.15, 0.2) is 0 Å². The highest BCUT2D eigenvalue weighted by atomic mass is 32.2. The van der Waals surface area contributed by atoms with Crippen LogP contribution in [0, 0.1) is 11.7 Å². The van der Waals surface area contributed by atoms with E-state index in [-0.39, 0.29) is 39.9 Å². The van der Waals surface area contributed by atoms with E-state index >= 15 is 0 Å². The van der Waals surface area contributed by atoms with Crippen LogP contribution in [-0.2, 0) is 14.8 Å². The number of hydrogen-bond donors (Lipinski definition) is 2. The molecule has 164 valence electrons. The van der Waals surface area contributed by atoms with Gasteiger partial charge in [-0.05, 0) is 62.1 Å². The Balaban J connectivity index is 1.41. The van der Waals surface area contributed by atoms with Gasteiger partial charge in [-0.3, -0.25) is 14.3 Å². The zero-order chi connectivity index (χ0) is 22.0. The molecule has 0 spiro atoms. The average molecular weight is 446 g/mol. The van der Waals surface area contributed by atoms with Crippen molar-refractivity contribution in [3.8, 4) is 0 Å². The zero-order valence-electron chi connectivity index (χ0n) is 16.9. The first-order chi connectivity index (χ1) is 14.8. The van der Waals surface area contributed by atoms with Gasteiger partial charge in [0.25, 0.3) is 15.9 Å². The first-order valence-electron chi connectivity index (χ1n) is 10.3. The Labute approximate surface area is 180 Å². The second kappa shape index (κ2) is 8.66. The van der Waals surface area contributed by atoms with Gasteiger partial charge in [0.05, 0.1) is 16.1 Å². The van der Waals surface area contributed by atoms with Gasteiger partial charge in [-0.2, -0.15) is 0 Å². The van der Waals surface area contributed by atoms with E-state index in [0.717, 1.165) is 37.1 Å². The van der Waals surface area contributed by atoms with Crippen LogP contribution < -0.4 is 10.0 Å². The molecule has 0 unspecified atom stereocenters. The number of benzene rings is 2. The zero-order valence-corrected chi connectivity index (χ0v) is 17.7. The molecule has 9 heteroatoms. The molecular weight excluding hydrogens is 421 g/mol. The lowest BCUT2D eigenvalue weighted by molar-refractivity contribution is -0.133. The van der Waals surface area contributed by atoms with Gasteiger partial charge in [-0.15, -0.1) is 0 Å². The molecule has 0 bridgehead atoms. The predicted molar refractivity (Wildman–Crippen MR) is 113 cm³/mol. The number of piperidine rings is 1. The number of halogens is 1. The Morgan fingerprint density at radius 2 is 1.58 bits per heavy atom. The minimum absolute atomic E-state index is 0.0856. The second-order valence-electron chi connectivity index (χ2n) is 7.95. The fourth-order valence-electron chi connectivity index (χ4n) is 3.68. The smallest absolute Gasteiger partial charge is 0.261 e.